The molecule has 3 rings (SSSR count). The van der Waals surface area contributed by atoms with E-state index in [-0.39, 0.29) is 0 Å². The van der Waals surface area contributed by atoms with Crippen LogP contribution in [-0.4, -0.2) is 44.2 Å². The largest absolute Gasteiger partial charge is 0.495 e. The van der Waals surface area contributed by atoms with Gasteiger partial charge in [-0.1, -0.05) is 42.5 Å². The number of anilines is 1. The number of aryl methyl sites for hydroxylation is 1. The zero-order chi connectivity index (χ0) is 17.5. The van der Waals surface area contributed by atoms with Crippen molar-refractivity contribution in [2.24, 2.45) is 0 Å². The van der Waals surface area contributed by atoms with Crippen LogP contribution in [0.4, 0.5) is 5.69 Å². The highest BCUT2D eigenvalue weighted by Gasteiger charge is 2.19. The predicted molar refractivity (Wildman–Crippen MR) is 104 cm³/mol. The Morgan fingerprint density at radius 1 is 1.16 bits per heavy atom. The Bertz CT molecular complexity index is 659. The van der Waals surface area contributed by atoms with E-state index in [0.717, 1.165) is 50.6 Å². The molecule has 2 aromatic rings. The highest BCUT2D eigenvalue weighted by molar-refractivity contribution is 5.61. The fourth-order valence-electron chi connectivity index (χ4n) is 3.48. The second kappa shape index (κ2) is 8.88. The summed E-state index contributed by atoms with van der Waals surface area (Å²) < 4.78 is 5.47. The lowest BCUT2D eigenvalue weighted by molar-refractivity contribution is 0.189. The lowest BCUT2D eigenvalue weighted by Gasteiger charge is -2.34. The fourth-order valence-corrected chi connectivity index (χ4v) is 3.48. The maximum Gasteiger partial charge on any atom is 0.142 e. The second-order valence-corrected chi connectivity index (χ2v) is 6.74. The van der Waals surface area contributed by atoms with Crippen LogP contribution >= 0.6 is 0 Å². The van der Waals surface area contributed by atoms with Gasteiger partial charge in [-0.15, -0.1) is 0 Å². The number of methoxy groups -OCH3 is 1. The Balaban J connectivity index is 1.49. The van der Waals surface area contributed by atoms with Gasteiger partial charge in [-0.2, -0.15) is 0 Å². The van der Waals surface area contributed by atoms with Gasteiger partial charge in [-0.05, 0) is 30.5 Å². The summed E-state index contributed by atoms with van der Waals surface area (Å²) in [5, 5.41) is 7.21. The molecule has 0 saturated carbocycles. The van der Waals surface area contributed by atoms with E-state index in [4.69, 9.17) is 4.74 Å². The molecular weight excluding hydrogens is 310 g/mol. The molecule has 1 atom stereocenters. The standard InChI is InChI=1S/C21H29N3O/c1-17-7-6-10-20(25-2)21(17)23-12-11-19-16-24(14-13-22-19)15-18-8-4-3-5-9-18/h3-10,19,22-23H,11-16H2,1-2H3/t19-/m1/s1. The van der Waals surface area contributed by atoms with Gasteiger partial charge >= 0.3 is 0 Å². The van der Waals surface area contributed by atoms with E-state index in [9.17, 15) is 0 Å². The minimum Gasteiger partial charge on any atom is -0.495 e. The van der Waals surface area contributed by atoms with Gasteiger partial charge in [0.2, 0.25) is 0 Å². The number of ether oxygens (including phenoxy) is 1. The molecule has 0 aromatic heterocycles. The number of piperazine rings is 1. The summed E-state index contributed by atoms with van der Waals surface area (Å²) >= 11 is 0. The van der Waals surface area contributed by atoms with Gasteiger partial charge in [0.15, 0.2) is 0 Å². The number of nitrogens with one attached hydrogen (secondary N) is 2. The molecule has 0 radical (unpaired) electrons. The number of benzene rings is 2. The highest BCUT2D eigenvalue weighted by atomic mass is 16.5. The number of para-hydroxylation sites is 1. The molecule has 0 amide bonds. The van der Waals surface area contributed by atoms with Crippen LogP contribution in [0.2, 0.25) is 0 Å². The maximum absolute atomic E-state index is 5.47. The first-order valence-electron chi connectivity index (χ1n) is 9.13. The third kappa shape index (κ3) is 4.97. The first-order valence-corrected chi connectivity index (χ1v) is 9.13. The van der Waals surface area contributed by atoms with Gasteiger partial charge in [0, 0.05) is 38.8 Å². The van der Waals surface area contributed by atoms with Crippen molar-refractivity contribution < 1.29 is 4.74 Å². The summed E-state index contributed by atoms with van der Waals surface area (Å²) in [5.41, 5.74) is 3.73. The second-order valence-electron chi connectivity index (χ2n) is 6.74. The van der Waals surface area contributed by atoms with Gasteiger partial charge < -0.3 is 15.4 Å². The van der Waals surface area contributed by atoms with Gasteiger partial charge in [0.05, 0.1) is 12.8 Å². The molecule has 134 valence electrons. The van der Waals surface area contributed by atoms with Crippen molar-refractivity contribution in [1.29, 1.82) is 0 Å². The minimum absolute atomic E-state index is 0.528. The summed E-state index contributed by atoms with van der Waals surface area (Å²) in [6, 6.07) is 17.4. The lowest BCUT2D eigenvalue weighted by Crippen LogP contribution is -2.50. The van der Waals surface area contributed by atoms with E-state index in [0.29, 0.717) is 6.04 Å². The first-order chi connectivity index (χ1) is 12.3. The number of hydrogen-bond acceptors (Lipinski definition) is 4. The Morgan fingerprint density at radius 3 is 2.80 bits per heavy atom. The molecule has 0 spiro atoms. The molecule has 0 bridgehead atoms. The van der Waals surface area contributed by atoms with Crippen molar-refractivity contribution in [3.63, 3.8) is 0 Å². The van der Waals surface area contributed by atoms with E-state index >= 15 is 0 Å². The van der Waals surface area contributed by atoms with E-state index in [1.165, 1.54) is 11.1 Å². The van der Waals surface area contributed by atoms with Crippen molar-refractivity contribution in [2.75, 3.05) is 38.6 Å². The van der Waals surface area contributed by atoms with Crippen LogP contribution < -0.4 is 15.4 Å². The molecule has 1 fully saturated rings. The van der Waals surface area contributed by atoms with Crippen molar-refractivity contribution in [1.82, 2.24) is 10.2 Å². The fraction of sp³-hybridized carbons (Fsp3) is 0.429. The van der Waals surface area contributed by atoms with Crippen molar-refractivity contribution in [3.05, 3.63) is 59.7 Å². The molecule has 1 saturated heterocycles. The van der Waals surface area contributed by atoms with Crippen LogP contribution in [0.3, 0.4) is 0 Å². The van der Waals surface area contributed by atoms with Crippen LogP contribution in [0.15, 0.2) is 48.5 Å². The van der Waals surface area contributed by atoms with Crippen LogP contribution in [0.25, 0.3) is 0 Å². The van der Waals surface area contributed by atoms with Crippen LogP contribution in [0, 0.1) is 6.92 Å². The summed E-state index contributed by atoms with van der Waals surface area (Å²) in [6.45, 7) is 7.37. The van der Waals surface area contributed by atoms with Crippen LogP contribution in [0.1, 0.15) is 17.5 Å². The SMILES string of the molecule is COc1cccc(C)c1NCC[C@@H]1CN(Cc2ccccc2)CCN1. The predicted octanol–water partition coefficient (Wildman–Crippen LogP) is 3.28. The summed E-state index contributed by atoms with van der Waals surface area (Å²) in [4.78, 5) is 2.55. The minimum atomic E-state index is 0.528. The zero-order valence-electron chi connectivity index (χ0n) is 15.3. The monoisotopic (exact) mass is 339 g/mol. The molecule has 1 aliphatic rings. The van der Waals surface area contributed by atoms with Crippen molar-refractivity contribution >= 4 is 5.69 Å². The number of nitrogens with zero attached hydrogens (tertiary/aromatic N) is 1. The average Bonchev–Trinajstić information content (AvgIpc) is 2.64. The van der Waals surface area contributed by atoms with Gasteiger partial charge in [-0.3, -0.25) is 4.90 Å². The van der Waals surface area contributed by atoms with Gasteiger partial charge in [-0.25, -0.2) is 0 Å². The van der Waals surface area contributed by atoms with Crippen molar-refractivity contribution in [3.8, 4) is 5.75 Å². The normalized spacial score (nSPS) is 18.1. The molecule has 2 aromatic carbocycles. The molecule has 4 heteroatoms. The molecule has 1 aliphatic heterocycles. The molecule has 4 nitrogen and oxygen atoms in total. The highest BCUT2D eigenvalue weighted by Crippen LogP contribution is 2.27. The summed E-state index contributed by atoms with van der Waals surface area (Å²) in [5.74, 6) is 0.919. The zero-order valence-corrected chi connectivity index (χ0v) is 15.3. The van der Waals surface area contributed by atoms with E-state index < -0.39 is 0 Å². The Hall–Kier alpha value is -2.04. The quantitative estimate of drug-likeness (QED) is 0.812. The molecular formula is C21H29N3O. The molecule has 2 N–H and O–H groups in total. The Morgan fingerprint density at radius 2 is 2.00 bits per heavy atom. The van der Waals surface area contributed by atoms with Crippen LogP contribution in [-0.2, 0) is 6.54 Å². The molecule has 1 heterocycles. The van der Waals surface area contributed by atoms with Gasteiger partial charge in [0.1, 0.15) is 5.75 Å². The maximum atomic E-state index is 5.47. The average molecular weight is 339 g/mol. The van der Waals surface area contributed by atoms with E-state index in [1.807, 2.05) is 12.1 Å². The molecule has 0 unspecified atom stereocenters. The Labute approximate surface area is 151 Å². The third-order valence-electron chi connectivity index (χ3n) is 4.84. The number of rotatable bonds is 7. The van der Waals surface area contributed by atoms with Gasteiger partial charge in [0.25, 0.3) is 0 Å². The van der Waals surface area contributed by atoms with Crippen LogP contribution in [0.5, 0.6) is 5.75 Å². The van der Waals surface area contributed by atoms with Crippen molar-refractivity contribution in [2.45, 2.75) is 25.9 Å². The third-order valence-corrected chi connectivity index (χ3v) is 4.84. The number of hydrogen-bond donors (Lipinski definition) is 2. The Kier molecular flexibility index (Phi) is 6.31. The topological polar surface area (TPSA) is 36.5 Å². The summed E-state index contributed by atoms with van der Waals surface area (Å²) in [6.07, 6.45) is 1.10. The lowest BCUT2D eigenvalue weighted by atomic mass is 10.1. The molecule has 0 aliphatic carbocycles. The molecule has 25 heavy (non-hydrogen) atoms. The van der Waals surface area contributed by atoms with E-state index in [1.54, 1.807) is 7.11 Å². The van der Waals surface area contributed by atoms with E-state index in [2.05, 4.69) is 58.9 Å². The summed E-state index contributed by atoms with van der Waals surface area (Å²) in [7, 11) is 1.73. The smallest absolute Gasteiger partial charge is 0.142 e. The first kappa shape index (κ1) is 17.8.